The van der Waals surface area contributed by atoms with Gasteiger partial charge in [-0.3, -0.25) is 4.79 Å². The van der Waals surface area contributed by atoms with Gasteiger partial charge in [0.25, 0.3) is 0 Å². The zero-order chi connectivity index (χ0) is 20.6. The highest BCUT2D eigenvalue weighted by Crippen LogP contribution is 2.42. The van der Waals surface area contributed by atoms with E-state index in [-0.39, 0.29) is 0 Å². The molecule has 0 atom stereocenters. The lowest BCUT2D eigenvalue weighted by molar-refractivity contribution is 0.112. The Labute approximate surface area is 175 Å². The molecule has 0 amide bonds. The highest BCUT2D eigenvalue weighted by molar-refractivity contribution is 5.95. The smallest absolute Gasteiger partial charge is 0.150 e. The van der Waals surface area contributed by atoms with Crippen molar-refractivity contribution in [2.24, 2.45) is 0 Å². The van der Waals surface area contributed by atoms with Crippen LogP contribution in [0.25, 0.3) is 22.3 Å². The summed E-state index contributed by atoms with van der Waals surface area (Å²) in [6.45, 7) is 6.63. The first-order valence-electron chi connectivity index (χ1n) is 11.0. The largest absolute Gasteiger partial charge is 0.298 e. The molecule has 1 nitrogen and oxygen atoms in total. The zero-order valence-electron chi connectivity index (χ0n) is 18.0. The summed E-state index contributed by atoms with van der Waals surface area (Å²) in [4.78, 5) is 12.4. The van der Waals surface area contributed by atoms with E-state index in [0.29, 0.717) is 0 Å². The molecular weight excluding hydrogens is 352 g/mol. The maximum absolute atomic E-state index is 12.4. The van der Waals surface area contributed by atoms with Crippen LogP contribution < -0.4 is 0 Å². The first kappa shape index (κ1) is 21.0. The minimum absolute atomic E-state index is 0.933. The van der Waals surface area contributed by atoms with Gasteiger partial charge >= 0.3 is 0 Å². The molecular formula is C28H32O. The molecule has 0 saturated carbocycles. The number of carbonyl (C=O) groups excluding carboxylic acids is 1. The molecule has 3 aromatic rings. The molecule has 0 bridgehead atoms. The Bertz CT molecular complexity index is 939. The fourth-order valence-electron chi connectivity index (χ4n) is 4.33. The van der Waals surface area contributed by atoms with Gasteiger partial charge in [-0.15, -0.1) is 0 Å². The van der Waals surface area contributed by atoms with E-state index in [9.17, 15) is 4.79 Å². The van der Waals surface area contributed by atoms with Crippen LogP contribution in [0.4, 0.5) is 0 Å². The van der Waals surface area contributed by atoms with Gasteiger partial charge in [-0.05, 0) is 71.6 Å². The Morgan fingerprint density at radius 1 is 0.690 bits per heavy atom. The van der Waals surface area contributed by atoms with E-state index in [2.05, 4.69) is 81.4 Å². The second-order valence-electron chi connectivity index (χ2n) is 7.80. The standard InChI is InChI=1S/C28H32O/c1-4-6-18-24-21(3)27(22-14-10-8-11-15-22)28(23-16-12-9-13-17-23)25(19-7-5-2)26(24)20-29/h8-17,20H,4-7,18-19H2,1-3H3. The van der Waals surface area contributed by atoms with Crippen LogP contribution in [0.5, 0.6) is 0 Å². The normalized spacial score (nSPS) is 10.9. The molecule has 1 heteroatoms. The molecule has 0 aromatic heterocycles. The van der Waals surface area contributed by atoms with E-state index >= 15 is 0 Å². The number of rotatable bonds is 9. The van der Waals surface area contributed by atoms with Crippen LogP contribution in [0.2, 0.25) is 0 Å². The van der Waals surface area contributed by atoms with Crippen molar-refractivity contribution in [2.45, 2.75) is 59.3 Å². The Balaban J connectivity index is 2.41. The van der Waals surface area contributed by atoms with E-state index < -0.39 is 0 Å². The molecule has 0 saturated heterocycles. The number of hydrogen-bond donors (Lipinski definition) is 0. The lowest BCUT2D eigenvalue weighted by Crippen LogP contribution is -2.08. The van der Waals surface area contributed by atoms with Crippen molar-refractivity contribution >= 4 is 6.29 Å². The minimum atomic E-state index is 0.933. The molecule has 0 aliphatic heterocycles. The Morgan fingerprint density at radius 3 is 1.66 bits per heavy atom. The van der Waals surface area contributed by atoms with Crippen LogP contribution in [-0.2, 0) is 12.8 Å². The van der Waals surface area contributed by atoms with Crippen LogP contribution in [0, 0.1) is 6.92 Å². The third-order valence-corrected chi connectivity index (χ3v) is 5.83. The number of aldehydes is 1. The van der Waals surface area contributed by atoms with Crippen molar-refractivity contribution in [3.63, 3.8) is 0 Å². The number of benzene rings is 3. The van der Waals surface area contributed by atoms with E-state index in [1.165, 1.54) is 38.9 Å². The molecule has 0 aliphatic rings. The summed E-state index contributed by atoms with van der Waals surface area (Å²) in [5.74, 6) is 0. The summed E-state index contributed by atoms with van der Waals surface area (Å²) in [6.07, 6.45) is 7.45. The lowest BCUT2D eigenvalue weighted by atomic mass is 9.79. The Hall–Kier alpha value is -2.67. The number of hydrogen-bond acceptors (Lipinski definition) is 1. The van der Waals surface area contributed by atoms with Crippen LogP contribution in [-0.4, -0.2) is 6.29 Å². The molecule has 0 aliphatic carbocycles. The van der Waals surface area contributed by atoms with E-state index in [1.54, 1.807) is 0 Å². The zero-order valence-corrected chi connectivity index (χ0v) is 18.0. The van der Waals surface area contributed by atoms with Crippen molar-refractivity contribution in [1.82, 2.24) is 0 Å². The minimum Gasteiger partial charge on any atom is -0.298 e. The molecule has 3 rings (SSSR count). The average molecular weight is 385 g/mol. The molecule has 29 heavy (non-hydrogen) atoms. The van der Waals surface area contributed by atoms with Crippen LogP contribution >= 0.6 is 0 Å². The summed E-state index contributed by atoms with van der Waals surface area (Å²) in [6, 6.07) is 21.3. The van der Waals surface area contributed by atoms with Crippen molar-refractivity contribution in [2.75, 3.05) is 0 Å². The molecule has 0 unspecified atom stereocenters. The first-order valence-corrected chi connectivity index (χ1v) is 11.0. The summed E-state index contributed by atoms with van der Waals surface area (Å²) < 4.78 is 0. The second-order valence-corrected chi connectivity index (χ2v) is 7.80. The Morgan fingerprint density at radius 2 is 1.17 bits per heavy atom. The van der Waals surface area contributed by atoms with Crippen LogP contribution in [0.3, 0.4) is 0 Å². The van der Waals surface area contributed by atoms with Gasteiger partial charge in [-0.1, -0.05) is 87.4 Å². The first-order chi connectivity index (χ1) is 14.2. The highest BCUT2D eigenvalue weighted by atomic mass is 16.1. The Kier molecular flexibility index (Phi) is 7.41. The summed E-state index contributed by atoms with van der Waals surface area (Å²) in [5, 5.41) is 0. The number of carbonyl (C=O) groups is 1. The summed E-state index contributed by atoms with van der Waals surface area (Å²) in [5.41, 5.74) is 9.62. The maximum atomic E-state index is 12.4. The van der Waals surface area contributed by atoms with Gasteiger partial charge in [0.15, 0.2) is 6.29 Å². The van der Waals surface area contributed by atoms with E-state index in [1.807, 2.05) is 0 Å². The SMILES string of the molecule is CCCCc1c(C)c(-c2ccccc2)c(-c2ccccc2)c(CCCC)c1C=O. The van der Waals surface area contributed by atoms with Gasteiger partial charge in [0.05, 0.1) is 0 Å². The molecule has 3 aromatic carbocycles. The molecule has 0 spiro atoms. The van der Waals surface area contributed by atoms with Gasteiger partial charge < -0.3 is 0 Å². The third kappa shape index (κ3) is 4.50. The summed E-state index contributed by atoms with van der Waals surface area (Å²) in [7, 11) is 0. The van der Waals surface area contributed by atoms with Gasteiger partial charge in [-0.25, -0.2) is 0 Å². The predicted molar refractivity (Wildman–Crippen MR) is 125 cm³/mol. The van der Waals surface area contributed by atoms with Crippen molar-refractivity contribution in [1.29, 1.82) is 0 Å². The van der Waals surface area contributed by atoms with Crippen molar-refractivity contribution in [3.05, 3.63) is 82.9 Å². The lowest BCUT2D eigenvalue weighted by Gasteiger charge is -2.24. The third-order valence-electron chi connectivity index (χ3n) is 5.83. The van der Waals surface area contributed by atoms with Crippen LogP contribution in [0.1, 0.15) is 66.6 Å². The maximum Gasteiger partial charge on any atom is 0.150 e. The second kappa shape index (κ2) is 10.2. The molecule has 0 radical (unpaired) electrons. The van der Waals surface area contributed by atoms with E-state index in [0.717, 1.165) is 50.4 Å². The quantitative estimate of drug-likeness (QED) is 0.344. The predicted octanol–water partition coefficient (Wildman–Crippen LogP) is 7.83. The molecule has 0 heterocycles. The topological polar surface area (TPSA) is 17.1 Å². The van der Waals surface area contributed by atoms with Crippen LogP contribution in [0.15, 0.2) is 60.7 Å². The van der Waals surface area contributed by atoms with Gasteiger partial charge in [0.1, 0.15) is 0 Å². The van der Waals surface area contributed by atoms with Crippen molar-refractivity contribution in [3.8, 4) is 22.3 Å². The molecule has 150 valence electrons. The van der Waals surface area contributed by atoms with Crippen molar-refractivity contribution < 1.29 is 4.79 Å². The highest BCUT2D eigenvalue weighted by Gasteiger charge is 2.22. The van der Waals surface area contributed by atoms with Gasteiger partial charge in [0, 0.05) is 5.56 Å². The fourth-order valence-corrected chi connectivity index (χ4v) is 4.33. The monoisotopic (exact) mass is 384 g/mol. The van der Waals surface area contributed by atoms with E-state index in [4.69, 9.17) is 0 Å². The fraction of sp³-hybridized carbons (Fsp3) is 0.321. The summed E-state index contributed by atoms with van der Waals surface area (Å²) >= 11 is 0. The molecule has 0 N–H and O–H groups in total. The number of unbranched alkanes of at least 4 members (excludes halogenated alkanes) is 2. The van der Waals surface area contributed by atoms with Gasteiger partial charge in [0.2, 0.25) is 0 Å². The van der Waals surface area contributed by atoms with Gasteiger partial charge in [-0.2, -0.15) is 0 Å². The average Bonchev–Trinajstić information content (AvgIpc) is 2.77. The molecule has 0 fully saturated rings.